The Balaban J connectivity index is 2.44. The van der Waals surface area contributed by atoms with Gasteiger partial charge in [-0.05, 0) is 60.2 Å². The molecular formula is C14H14INO4. The van der Waals surface area contributed by atoms with Gasteiger partial charge in [0.2, 0.25) is 0 Å². The summed E-state index contributed by atoms with van der Waals surface area (Å²) in [6, 6.07) is 3.74. The summed E-state index contributed by atoms with van der Waals surface area (Å²) in [4.78, 5) is 16.2. The molecule has 0 amide bonds. The molecule has 0 fully saturated rings. The van der Waals surface area contributed by atoms with Crippen LogP contribution in [0.15, 0.2) is 22.9 Å². The molecule has 20 heavy (non-hydrogen) atoms. The van der Waals surface area contributed by atoms with Crippen molar-refractivity contribution in [2.75, 3.05) is 13.7 Å². The Morgan fingerprint density at radius 2 is 2.20 bits per heavy atom. The van der Waals surface area contributed by atoms with Crippen molar-refractivity contribution >= 4 is 40.3 Å². The van der Waals surface area contributed by atoms with Gasteiger partial charge in [-0.3, -0.25) is 0 Å². The van der Waals surface area contributed by atoms with Gasteiger partial charge >= 0.3 is 5.97 Å². The lowest BCUT2D eigenvalue weighted by molar-refractivity contribution is -0.136. The van der Waals surface area contributed by atoms with E-state index in [1.54, 1.807) is 20.1 Å². The minimum Gasteiger partial charge on any atom is -0.493 e. The predicted molar refractivity (Wildman–Crippen MR) is 84.1 cm³/mol. The molecule has 0 bridgehead atoms. The van der Waals surface area contributed by atoms with Gasteiger partial charge in [-0.1, -0.05) is 5.16 Å². The smallest absolute Gasteiger partial charge is 0.367 e. The lowest BCUT2D eigenvalue weighted by Crippen LogP contribution is -2.02. The molecule has 106 valence electrons. The molecule has 2 rings (SSSR count). The van der Waals surface area contributed by atoms with Gasteiger partial charge in [-0.25, -0.2) is 4.79 Å². The van der Waals surface area contributed by atoms with Crippen LogP contribution in [0, 0.1) is 3.57 Å². The van der Waals surface area contributed by atoms with E-state index in [-0.39, 0.29) is 0 Å². The van der Waals surface area contributed by atoms with Crippen LogP contribution < -0.4 is 9.47 Å². The second kappa shape index (κ2) is 6.25. The van der Waals surface area contributed by atoms with Crippen molar-refractivity contribution < 1.29 is 19.1 Å². The number of methoxy groups -OCH3 is 1. The maximum Gasteiger partial charge on any atom is 0.367 e. The van der Waals surface area contributed by atoms with E-state index in [1.807, 2.05) is 19.1 Å². The zero-order valence-electron chi connectivity index (χ0n) is 11.4. The van der Waals surface area contributed by atoms with Crippen LogP contribution >= 0.6 is 22.6 Å². The third kappa shape index (κ3) is 2.95. The number of benzene rings is 1. The number of rotatable bonds is 4. The normalized spacial score (nSPS) is 16.1. The topological polar surface area (TPSA) is 57.1 Å². The first-order chi connectivity index (χ1) is 9.56. The Morgan fingerprint density at radius 1 is 1.45 bits per heavy atom. The molecule has 0 radical (unpaired) electrons. The van der Waals surface area contributed by atoms with Gasteiger partial charge in [0, 0.05) is 0 Å². The summed E-state index contributed by atoms with van der Waals surface area (Å²) in [5.74, 6) is 0.897. The van der Waals surface area contributed by atoms with Gasteiger partial charge < -0.3 is 14.3 Å². The zero-order chi connectivity index (χ0) is 14.7. The SMILES string of the molecule is CCOc1c(I)cc(/C=C2\C(=O)ON=C2C)cc1OC. The standard InChI is InChI=1S/C14H14INO4/c1-4-19-13-11(15)6-9(7-12(13)18-3)5-10-8(2)16-20-14(10)17/h5-7H,4H2,1-3H3/b10-5-. The van der Waals surface area contributed by atoms with Crippen LogP contribution in [0.25, 0.3) is 6.08 Å². The summed E-state index contributed by atoms with van der Waals surface area (Å²) in [6.07, 6.45) is 1.73. The average Bonchev–Trinajstić information content (AvgIpc) is 2.73. The summed E-state index contributed by atoms with van der Waals surface area (Å²) >= 11 is 2.17. The van der Waals surface area contributed by atoms with Crippen molar-refractivity contribution in [1.29, 1.82) is 0 Å². The number of oxime groups is 1. The quantitative estimate of drug-likeness (QED) is 0.453. The molecule has 0 saturated carbocycles. The van der Waals surface area contributed by atoms with Gasteiger partial charge in [0.05, 0.1) is 28.6 Å². The molecule has 1 aromatic carbocycles. The summed E-state index contributed by atoms with van der Waals surface area (Å²) < 4.78 is 11.8. The zero-order valence-corrected chi connectivity index (χ0v) is 13.6. The highest BCUT2D eigenvalue weighted by molar-refractivity contribution is 14.1. The second-order valence-electron chi connectivity index (χ2n) is 4.08. The third-order valence-electron chi connectivity index (χ3n) is 2.73. The van der Waals surface area contributed by atoms with E-state index in [4.69, 9.17) is 9.47 Å². The van der Waals surface area contributed by atoms with Crippen molar-refractivity contribution in [2.45, 2.75) is 13.8 Å². The number of ether oxygens (including phenoxy) is 2. The van der Waals surface area contributed by atoms with Crippen molar-refractivity contribution in [2.24, 2.45) is 5.16 Å². The van der Waals surface area contributed by atoms with Crippen molar-refractivity contribution in [3.8, 4) is 11.5 Å². The molecule has 1 heterocycles. The summed E-state index contributed by atoms with van der Waals surface area (Å²) in [6.45, 7) is 4.21. The number of carbonyl (C=O) groups is 1. The first kappa shape index (κ1) is 14.8. The van der Waals surface area contributed by atoms with Crippen LogP contribution in [-0.2, 0) is 9.63 Å². The molecule has 5 nitrogen and oxygen atoms in total. The Labute approximate surface area is 130 Å². The first-order valence-electron chi connectivity index (χ1n) is 6.05. The molecular weight excluding hydrogens is 373 g/mol. The third-order valence-corrected chi connectivity index (χ3v) is 3.53. The average molecular weight is 387 g/mol. The van der Waals surface area contributed by atoms with E-state index in [1.165, 1.54) is 0 Å². The number of hydrogen-bond acceptors (Lipinski definition) is 5. The first-order valence-corrected chi connectivity index (χ1v) is 7.13. The lowest BCUT2D eigenvalue weighted by Gasteiger charge is -2.12. The number of carbonyl (C=O) groups excluding carboxylic acids is 1. The van der Waals surface area contributed by atoms with Crippen molar-refractivity contribution in [3.05, 3.63) is 26.8 Å². The minimum atomic E-state index is -0.439. The summed E-state index contributed by atoms with van der Waals surface area (Å²) in [7, 11) is 1.58. The summed E-state index contributed by atoms with van der Waals surface area (Å²) in [5, 5.41) is 3.65. The second-order valence-corrected chi connectivity index (χ2v) is 5.24. The van der Waals surface area contributed by atoms with E-state index < -0.39 is 5.97 Å². The van der Waals surface area contributed by atoms with Gasteiger partial charge in [0.1, 0.15) is 0 Å². The maximum atomic E-state index is 11.5. The molecule has 0 unspecified atom stereocenters. The van der Waals surface area contributed by atoms with Crippen molar-refractivity contribution in [1.82, 2.24) is 0 Å². The van der Waals surface area contributed by atoms with Crippen LogP contribution in [0.4, 0.5) is 0 Å². The van der Waals surface area contributed by atoms with Crippen LogP contribution in [0.2, 0.25) is 0 Å². The molecule has 6 heteroatoms. The lowest BCUT2D eigenvalue weighted by atomic mass is 10.1. The van der Waals surface area contributed by atoms with Crippen LogP contribution in [0.5, 0.6) is 11.5 Å². The highest BCUT2D eigenvalue weighted by atomic mass is 127. The molecule has 1 aliphatic heterocycles. The molecule has 0 N–H and O–H groups in total. The fourth-order valence-corrected chi connectivity index (χ4v) is 2.57. The largest absolute Gasteiger partial charge is 0.493 e. The van der Waals surface area contributed by atoms with E-state index in [0.29, 0.717) is 29.4 Å². The summed E-state index contributed by atoms with van der Waals surface area (Å²) in [5.41, 5.74) is 1.85. The van der Waals surface area contributed by atoms with Gasteiger partial charge in [0.25, 0.3) is 0 Å². The highest BCUT2D eigenvalue weighted by Crippen LogP contribution is 2.34. The molecule has 0 aliphatic carbocycles. The molecule has 0 saturated heterocycles. The van der Waals surface area contributed by atoms with E-state index >= 15 is 0 Å². The monoisotopic (exact) mass is 387 g/mol. The van der Waals surface area contributed by atoms with Crippen LogP contribution in [-0.4, -0.2) is 25.4 Å². The number of nitrogens with zero attached hydrogens (tertiary/aromatic N) is 1. The Hall–Kier alpha value is -1.57. The van der Waals surface area contributed by atoms with E-state index in [9.17, 15) is 4.79 Å². The van der Waals surface area contributed by atoms with E-state index in [0.717, 1.165) is 9.13 Å². The number of hydrogen-bond donors (Lipinski definition) is 0. The molecule has 0 aromatic heterocycles. The van der Waals surface area contributed by atoms with E-state index in [2.05, 4.69) is 32.6 Å². The fourth-order valence-electron chi connectivity index (χ4n) is 1.79. The Bertz CT molecular complexity index is 607. The van der Waals surface area contributed by atoms with Crippen molar-refractivity contribution in [3.63, 3.8) is 0 Å². The van der Waals surface area contributed by atoms with Gasteiger partial charge in [0.15, 0.2) is 11.5 Å². The van der Waals surface area contributed by atoms with Crippen LogP contribution in [0.3, 0.4) is 0 Å². The van der Waals surface area contributed by atoms with Gasteiger partial charge in [-0.15, -0.1) is 0 Å². The maximum absolute atomic E-state index is 11.5. The Kier molecular flexibility index (Phi) is 4.64. The highest BCUT2D eigenvalue weighted by Gasteiger charge is 2.22. The molecule has 0 atom stereocenters. The Morgan fingerprint density at radius 3 is 2.75 bits per heavy atom. The molecule has 1 aromatic rings. The van der Waals surface area contributed by atoms with Crippen LogP contribution in [0.1, 0.15) is 19.4 Å². The minimum absolute atomic E-state index is 0.439. The predicted octanol–water partition coefficient (Wildman–Crippen LogP) is 3.01. The van der Waals surface area contributed by atoms with Gasteiger partial charge in [-0.2, -0.15) is 0 Å². The number of halogens is 1. The molecule has 0 spiro atoms. The molecule has 1 aliphatic rings. The fraction of sp³-hybridized carbons (Fsp3) is 0.286.